The lowest BCUT2D eigenvalue weighted by molar-refractivity contribution is -0.0663. The van der Waals surface area contributed by atoms with E-state index >= 15 is 0 Å². The van der Waals surface area contributed by atoms with Crippen LogP contribution in [0.4, 0.5) is 0 Å². The Bertz CT molecular complexity index is 304. The van der Waals surface area contributed by atoms with Gasteiger partial charge in [0.2, 0.25) is 0 Å². The van der Waals surface area contributed by atoms with E-state index in [0.717, 1.165) is 25.0 Å². The SMILES string of the molecule is OC1(COc2ccc(Cl)cc2)CCC1. The number of hydrogen-bond acceptors (Lipinski definition) is 2. The minimum absolute atomic E-state index is 0.384. The van der Waals surface area contributed by atoms with E-state index in [2.05, 4.69) is 0 Å². The second-order valence-electron chi connectivity index (χ2n) is 3.82. The zero-order valence-corrected chi connectivity index (χ0v) is 8.63. The molecule has 0 radical (unpaired) electrons. The highest BCUT2D eigenvalue weighted by Crippen LogP contribution is 2.32. The Morgan fingerprint density at radius 3 is 2.43 bits per heavy atom. The van der Waals surface area contributed by atoms with Crippen molar-refractivity contribution < 1.29 is 9.84 Å². The van der Waals surface area contributed by atoms with Crippen molar-refractivity contribution in [3.63, 3.8) is 0 Å². The quantitative estimate of drug-likeness (QED) is 0.835. The van der Waals surface area contributed by atoms with Gasteiger partial charge in [-0.2, -0.15) is 0 Å². The zero-order chi connectivity index (χ0) is 10.0. The standard InChI is InChI=1S/C11H13ClO2/c12-9-2-4-10(5-3-9)14-8-11(13)6-1-7-11/h2-5,13H,1,6-8H2. The molecular formula is C11H13ClO2. The predicted molar refractivity (Wildman–Crippen MR) is 55.7 cm³/mol. The minimum Gasteiger partial charge on any atom is -0.491 e. The number of halogens is 1. The van der Waals surface area contributed by atoms with Gasteiger partial charge in [-0.1, -0.05) is 11.6 Å². The third-order valence-corrected chi connectivity index (χ3v) is 2.86. The van der Waals surface area contributed by atoms with Crippen LogP contribution in [-0.2, 0) is 0 Å². The Morgan fingerprint density at radius 2 is 1.93 bits per heavy atom. The summed E-state index contributed by atoms with van der Waals surface area (Å²) in [6.07, 6.45) is 2.79. The smallest absolute Gasteiger partial charge is 0.119 e. The highest BCUT2D eigenvalue weighted by Gasteiger charge is 2.35. The maximum atomic E-state index is 9.77. The predicted octanol–water partition coefficient (Wildman–Crippen LogP) is 2.63. The second-order valence-corrected chi connectivity index (χ2v) is 4.26. The first-order chi connectivity index (χ1) is 6.68. The molecule has 1 aromatic rings. The van der Waals surface area contributed by atoms with Crippen LogP contribution in [-0.4, -0.2) is 17.3 Å². The fraction of sp³-hybridized carbons (Fsp3) is 0.455. The van der Waals surface area contributed by atoms with Gasteiger partial charge in [-0.05, 0) is 43.5 Å². The Morgan fingerprint density at radius 1 is 1.29 bits per heavy atom. The van der Waals surface area contributed by atoms with Gasteiger partial charge in [0.15, 0.2) is 0 Å². The lowest BCUT2D eigenvalue weighted by Crippen LogP contribution is -2.42. The van der Waals surface area contributed by atoms with E-state index in [0.29, 0.717) is 11.6 Å². The lowest BCUT2D eigenvalue weighted by Gasteiger charge is -2.35. The molecule has 1 fully saturated rings. The van der Waals surface area contributed by atoms with Gasteiger partial charge in [-0.15, -0.1) is 0 Å². The third kappa shape index (κ3) is 2.20. The monoisotopic (exact) mass is 212 g/mol. The number of rotatable bonds is 3. The fourth-order valence-corrected chi connectivity index (χ4v) is 1.60. The number of benzene rings is 1. The molecule has 0 spiro atoms. The molecule has 1 aliphatic carbocycles. The first kappa shape index (κ1) is 9.81. The first-order valence-electron chi connectivity index (χ1n) is 4.79. The first-order valence-corrected chi connectivity index (χ1v) is 5.17. The maximum Gasteiger partial charge on any atom is 0.119 e. The molecule has 0 aliphatic heterocycles. The number of ether oxygens (including phenoxy) is 1. The van der Waals surface area contributed by atoms with Crippen LogP contribution in [0.3, 0.4) is 0 Å². The summed E-state index contributed by atoms with van der Waals surface area (Å²) >= 11 is 5.74. The van der Waals surface area contributed by atoms with E-state index in [1.165, 1.54) is 0 Å². The van der Waals surface area contributed by atoms with Crippen molar-refractivity contribution in [1.29, 1.82) is 0 Å². The zero-order valence-electron chi connectivity index (χ0n) is 7.87. The summed E-state index contributed by atoms with van der Waals surface area (Å²) in [5.41, 5.74) is -0.584. The average Bonchev–Trinajstić information content (AvgIpc) is 2.14. The van der Waals surface area contributed by atoms with Crippen LogP contribution < -0.4 is 4.74 Å². The van der Waals surface area contributed by atoms with Crippen molar-refractivity contribution in [3.8, 4) is 5.75 Å². The average molecular weight is 213 g/mol. The minimum atomic E-state index is -0.584. The van der Waals surface area contributed by atoms with Gasteiger partial charge in [-0.25, -0.2) is 0 Å². The van der Waals surface area contributed by atoms with E-state index < -0.39 is 5.60 Å². The van der Waals surface area contributed by atoms with Crippen LogP contribution in [0.25, 0.3) is 0 Å². The maximum absolute atomic E-state index is 9.77. The molecule has 0 unspecified atom stereocenters. The van der Waals surface area contributed by atoms with Crippen molar-refractivity contribution in [2.45, 2.75) is 24.9 Å². The largest absolute Gasteiger partial charge is 0.491 e. The van der Waals surface area contributed by atoms with E-state index in [1.807, 2.05) is 12.1 Å². The summed E-state index contributed by atoms with van der Waals surface area (Å²) < 4.78 is 5.46. The van der Waals surface area contributed by atoms with Crippen molar-refractivity contribution in [3.05, 3.63) is 29.3 Å². The normalized spacial score (nSPS) is 18.7. The van der Waals surface area contributed by atoms with E-state index in [1.54, 1.807) is 12.1 Å². The molecule has 0 aromatic heterocycles. The summed E-state index contributed by atoms with van der Waals surface area (Å²) in [6, 6.07) is 7.18. The Labute approximate surface area is 88.5 Å². The summed E-state index contributed by atoms with van der Waals surface area (Å²) in [4.78, 5) is 0. The summed E-state index contributed by atoms with van der Waals surface area (Å²) in [6.45, 7) is 0.384. The van der Waals surface area contributed by atoms with Gasteiger partial charge in [0, 0.05) is 5.02 Å². The molecule has 1 aromatic carbocycles. The van der Waals surface area contributed by atoms with E-state index in [4.69, 9.17) is 16.3 Å². The highest BCUT2D eigenvalue weighted by molar-refractivity contribution is 6.30. The molecular weight excluding hydrogens is 200 g/mol. The number of aliphatic hydroxyl groups is 1. The molecule has 2 nitrogen and oxygen atoms in total. The van der Waals surface area contributed by atoms with Crippen LogP contribution in [0, 0.1) is 0 Å². The molecule has 1 saturated carbocycles. The fourth-order valence-electron chi connectivity index (χ4n) is 1.48. The molecule has 0 atom stereocenters. The van der Waals surface area contributed by atoms with Crippen LogP contribution in [0.15, 0.2) is 24.3 Å². The topological polar surface area (TPSA) is 29.5 Å². The van der Waals surface area contributed by atoms with Crippen molar-refractivity contribution in [1.82, 2.24) is 0 Å². The summed E-state index contributed by atoms with van der Waals surface area (Å²) in [5, 5.41) is 10.5. The Kier molecular flexibility index (Phi) is 2.66. The molecule has 0 amide bonds. The molecule has 1 aliphatic rings. The molecule has 0 bridgehead atoms. The summed E-state index contributed by atoms with van der Waals surface area (Å²) in [5.74, 6) is 0.759. The van der Waals surface area contributed by atoms with E-state index in [9.17, 15) is 5.11 Å². The van der Waals surface area contributed by atoms with Crippen molar-refractivity contribution >= 4 is 11.6 Å². The molecule has 3 heteroatoms. The Balaban J connectivity index is 1.88. The van der Waals surface area contributed by atoms with Crippen LogP contribution in [0.2, 0.25) is 5.02 Å². The van der Waals surface area contributed by atoms with Gasteiger partial charge >= 0.3 is 0 Å². The summed E-state index contributed by atoms with van der Waals surface area (Å²) in [7, 11) is 0. The van der Waals surface area contributed by atoms with Gasteiger partial charge < -0.3 is 9.84 Å². The lowest BCUT2D eigenvalue weighted by atomic mass is 9.81. The van der Waals surface area contributed by atoms with Gasteiger partial charge in [0.05, 0.1) is 5.60 Å². The highest BCUT2D eigenvalue weighted by atomic mass is 35.5. The van der Waals surface area contributed by atoms with Gasteiger partial charge in [-0.3, -0.25) is 0 Å². The number of hydrogen-bond donors (Lipinski definition) is 1. The third-order valence-electron chi connectivity index (χ3n) is 2.61. The molecule has 0 saturated heterocycles. The molecule has 1 N–H and O–H groups in total. The molecule has 2 rings (SSSR count). The van der Waals surface area contributed by atoms with Crippen molar-refractivity contribution in [2.75, 3.05) is 6.61 Å². The van der Waals surface area contributed by atoms with Gasteiger partial charge in [0.1, 0.15) is 12.4 Å². The molecule has 14 heavy (non-hydrogen) atoms. The van der Waals surface area contributed by atoms with Crippen LogP contribution in [0.1, 0.15) is 19.3 Å². The van der Waals surface area contributed by atoms with Crippen LogP contribution >= 0.6 is 11.6 Å². The van der Waals surface area contributed by atoms with Gasteiger partial charge in [0.25, 0.3) is 0 Å². The van der Waals surface area contributed by atoms with Crippen LogP contribution in [0.5, 0.6) is 5.75 Å². The molecule has 0 heterocycles. The van der Waals surface area contributed by atoms with E-state index in [-0.39, 0.29) is 0 Å². The molecule has 76 valence electrons. The Hall–Kier alpha value is -0.730. The van der Waals surface area contributed by atoms with Crippen molar-refractivity contribution in [2.24, 2.45) is 0 Å². The second kappa shape index (κ2) is 3.79.